The second-order valence-corrected chi connectivity index (χ2v) is 5.39. The first-order chi connectivity index (χ1) is 11.1. The first-order valence-corrected chi connectivity index (χ1v) is 7.84. The van der Waals surface area contributed by atoms with Crippen LogP contribution < -0.4 is 10.1 Å². The number of para-hydroxylation sites is 2. The van der Waals surface area contributed by atoms with Crippen LogP contribution in [0.15, 0.2) is 53.0 Å². The van der Waals surface area contributed by atoms with E-state index in [1.165, 1.54) is 0 Å². The molecule has 0 radical (unpaired) electrons. The van der Waals surface area contributed by atoms with Gasteiger partial charge in [0.25, 0.3) is 5.91 Å². The van der Waals surface area contributed by atoms with Gasteiger partial charge in [-0.3, -0.25) is 4.79 Å². The molecular formula is C17H16BrNO4. The number of anilines is 1. The van der Waals surface area contributed by atoms with Crippen molar-refractivity contribution in [3.05, 3.63) is 58.6 Å². The number of amides is 1. The van der Waals surface area contributed by atoms with Crippen molar-refractivity contribution >= 4 is 33.5 Å². The summed E-state index contributed by atoms with van der Waals surface area (Å²) in [5, 5.41) is 2.66. The molecule has 0 atom stereocenters. The Morgan fingerprint density at radius 3 is 2.52 bits per heavy atom. The lowest BCUT2D eigenvalue weighted by Gasteiger charge is -2.10. The number of hydrogen-bond acceptors (Lipinski definition) is 4. The second kappa shape index (κ2) is 8.33. The Hall–Kier alpha value is -2.34. The molecule has 0 aromatic heterocycles. The Balaban J connectivity index is 1.94. The maximum Gasteiger partial charge on any atom is 0.342 e. The molecule has 23 heavy (non-hydrogen) atoms. The molecule has 120 valence electrons. The van der Waals surface area contributed by atoms with Crippen LogP contribution in [0.3, 0.4) is 0 Å². The molecule has 2 aromatic carbocycles. The molecule has 0 aliphatic rings. The summed E-state index contributed by atoms with van der Waals surface area (Å²) < 4.78 is 11.2. The van der Waals surface area contributed by atoms with Gasteiger partial charge in [-0.05, 0) is 47.1 Å². The van der Waals surface area contributed by atoms with Gasteiger partial charge in [-0.1, -0.05) is 24.3 Å². The fourth-order valence-corrected chi connectivity index (χ4v) is 2.26. The minimum Gasteiger partial charge on any atom is -0.493 e. The Labute approximate surface area is 142 Å². The van der Waals surface area contributed by atoms with E-state index in [-0.39, 0.29) is 6.61 Å². The molecule has 0 fully saturated rings. The molecule has 0 bridgehead atoms. The Morgan fingerprint density at radius 2 is 1.78 bits per heavy atom. The number of rotatable bonds is 6. The van der Waals surface area contributed by atoms with Gasteiger partial charge in [-0.15, -0.1) is 0 Å². The molecule has 0 saturated heterocycles. The highest BCUT2D eigenvalue weighted by Crippen LogP contribution is 2.21. The highest BCUT2D eigenvalue weighted by Gasteiger charge is 2.15. The van der Waals surface area contributed by atoms with Crippen LogP contribution in [0.2, 0.25) is 0 Å². The largest absolute Gasteiger partial charge is 0.493 e. The van der Waals surface area contributed by atoms with E-state index < -0.39 is 11.9 Å². The zero-order chi connectivity index (χ0) is 16.7. The van der Waals surface area contributed by atoms with Crippen molar-refractivity contribution in [2.75, 3.05) is 18.5 Å². The molecule has 2 rings (SSSR count). The monoisotopic (exact) mass is 377 g/mol. The Bertz CT molecular complexity index is 702. The molecule has 0 unspecified atom stereocenters. The van der Waals surface area contributed by atoms with Crippen LogP contribution >= 0.6 is 15.9 Å². The van der Waals surface area contributed by atoms with E-state index in [1.807, 2.05) is 13.0 Å². The first kappa shape index (κ1) is 17.0. The van der Waals surface area contributed by atoms with Gasteiger partial charge in [0.1, 0.15) is 11.3 Å². The fraction of sp³-hybridized carbons (Fsp3) is 0.176. The number of ether oxygens (including phenoxy) is 2. The van der Waals surface area contributed by atoms with Crippen LogP contribution in [0, 0.1) is 0 Å². The second-order valence-electron chi connectivity index (χ2n) is 4.53. The summed E-state index contributed by atoms with van der Waals surface area (Å²) in [6.07, 6.45) is 0. The first-order valence-electron chi connectivity index (χ1n) is 7.05. The van der Waals surface area contributed by atoms with Gasteiger partial charge in [0.2, 0.25) is 0 Å². The quantitative estimate of drug-likeness (QED) is 0.780. The SMILES string of the molecule is CCOc1ccccc1C(=O)OCC(=O)Nc1ccccc1Br. The number of nitrogens with one attached hydrogen (secondary N) is 1. The van der Waals surface area contributed by atoms with E-state index in [0.717, 1.165) is 4.47 Å². The van der Waals surface area contributed by atoms with Gasteiger partial charge in [0.05, 0.1) is 12.3 Å². The smallest absolute Gasteiger partial charge is 0.342 e. The molecule has 0 heterocycles. The van der Waals surface area contributed by atoms with Crippen molar-refractivity contribution in [2.45, 2.75) is 6.92 Å². The maximum absolute atomic E-state index is 12.1. The van der Waals surface area contributed by atoms with E-state index >= 15 is 0 Å². The van der Waals surface area contributed by atoms with Crippen molar-refractivity contribution in [1.82, 2.24) is 0 Å². The highest BCUT2D eigenvalue weighted by molar-refractivity contribution is 9.10. The van der Waals surface area contributed by atoms with Gasteiger partial charge in [0, 0.05) is 4.47 Å². The van der Waals surface area contributed by atoms with Gasteiger partial charge in [0.15, 0.2) is 6.61 Å². The number of esters is 1. The number of hydrogen-bond donors (Lipinski definition) is 1. The average molecular weight is 378 g/mol. The Morgan fingerprint density at radius 1 is 1.09 bits per heavy atom. The lowest BCUT2D eigenvalue weighted by atomic mass is 10.2. The fourth-order valence-electron chi connectivity index (χ4n) is 1.87. The molecule has 0 saturated carbocycles. The van der Waals surface area contributed by atoms with Gasteiger partial charge in [-0.25, -0.2) is 4.79 Å². The molecule has 0 spiro atoms. The van der Waals surface area contributed by atoms with E-state index in [4.69, 9.17) is 9.47 Å². The predicted octanol–water partition coefficient (Wildman–Crippen LogP) is 3.64. The average Bonchev–Trinajstić information content (AvgIpc) is 2.55. The van der Waals surface area contributed by atoms with Gasteiger partial charge >= 0.3 is 5.97 Å². The lowest BCUT2D eigenvalue weighted by Crippen LogP contribution is -2.21. The summed E-state index contributed by atoms with van der Waals surface area (Å²) in [4.78, 5) is 23.9. The third-order valence-electron chi connectivity index (χ3n) is 2.89. The summed E-state index contributed by atoms with van der Waals surface area (Å²) in [5.41, 5.74) is 0.909. The minimum absolute atomic E-state index is 0.294. The summed E-state index contributed by atoms with van der Waals surface area (Å²) in [5.74, 6) is -0.582. The third-order valence-corrected chi connectivity index (χ3v) is 3.58. The molecule has 0 aliphatic heterocycles. The minimum atomic E-state index is -0.601. The van der Waals surface area contributed by atoms with Crippen molar-refractivity contribution < 1.29 is 19.1 Å². The molecule has 1 N–H and O–H groups in total. The van der Waals surface area contributed by atoms with E-state index in [2.05, 4.69) is 21.2 Å². The van der Waals surface area contributed by atoms with Crippen molar-refractivity contribution in [1.29, 1.82) is 0 Å². The maximum atomic E-state index is 12.1. The van der Waals surface area contributed by atoms with Crippen LogP contribution in [0.5, 0.6) is 5.75 Å². The molecule has 6 heteroatoms. The molecule has 1 amide bonds. The van der Waals surface area contributed by atoms with E-state index in [0.29, 0.717) is 23.6 Å². The molecule has 0 aliphatic carbocycles. The summed E-state index contributed by atoms with van der Waals surface area (Å²) in [6.45, 7) is 1.89. The zero-order valence-electron chi connectivity index (χ0n) is 12.5. The lowest BCUT2D eigenvalue weighted by molar-refractivity contribution is -0.119. The normalized spacial score (nSPS) is 10.0. The van der Waals surface area contributed by atoms with Crippen LogP contribution in [0.4, 0.5) is 5.69 Å². The summed E-state index contributed by atoms with van der Waals surface area (Å²) >= 11 is 3.33. The number of halogens is 1. The topological polar surface area (TPSA) is 64.6 Å². The Kier molecular flexibility index (Phi) is 6.17. The van der Waals surface area contributed by atoms with Gasteiger partial charge in [-0.2, -0.15) is 0 Å². The number of carbonyl (C=O) groups is 2. The summed E-state index contributed by atoms with van der Waals surface area (Å²) in [7, 11) is 0. The van der Waals surface area contributed by atoms with Crippen LogP contribution in [0.25, 0.3) is 0 Å². The molecular weight excluding hydrogens is 362 g/mol. The molecule has 5 nitrogen and oxygen atoms in total. The van der Waals surface area contributed by atoms with Crippen molar-refractivity contribution in [2.24, 2.45) is 0 Å². The highest BCUT2D eigenvalue weighted by atomic mass is 79.9. The van der Waals surface area contributed by atoms with Crippen molar-refractivity contribution in [3.63, 3.8) is 0 Å². The van der Waals surface area contributed by atoms with Crippen LogP contribution in [-0.2, 0) is 9.53 Å². The molecule has 2 aromatic rings. The van der Waals surface area contributed by atoms with E-state index in [9.17, 15) is 9.59 Å². The number of benzene rings is 2. The predicted molar refractivity (Wildman–Crippen MR) is 90.7 cm³/mol. The van der Waals surface area contributed by atoms with Crippen LogP contribution in [0.1, 0.15) is 17.3 Å². The number of carbonyl (C=O) groups excluding carboxylic acids is 2. The van der Waals surface area contributed by atoms with Crippen molar-refractivity contribution in [3.8, 4) is 5.75 Å². The summed E-state index contributed by atoms with van der Waals surface area (Å²) in [6, 6.07) is 13.9. The zero-order valence-corrected chi connectivity index (χ0v) is 14.1. The third kappa shape index (κ3) is 4.82. The van der Waals surface area contributed by atoms with E-state index in [1.54, 1.807) is 42.5 Å². The van der Waals surface area contributed by atoms with Gasteiger partial charge < -0.3 is 14.8 Å². The van der Waals surface area contributed by atoms with Crippen LogP contribution in [-0.4, -0.2) is 25.1 Å². The standard InChI is InChI=1S/C17H16BrNO4/c1-2-22-15-10-6-3-7-12(15)17(21)23-11-16(20)19-14-9-5-4-8-13(14)18/h3-10H,2,11H2,1H3,(H,19,20).